The number of nitrogens with zero attached hydrogens (tertiary/aromatic N) is 4. The third-order valence-electron chi connectivity index (χ3n) is 4.57. The molecule has 0 aliphatic carbocycles. The number of nitrogens with one attached hydrogen (secondary N) is 3. The summed E-state index contributed by atoms with van der Waals surface area (Å²) >= 11 is 0. The predicted octanol–water partition coefficient (Wildman–Crippen LogP) is 2.95. The number of imidazole rings is 1. The molecule has 3 N–H and O–H groups in total. The van der Waals surface area contributed by atoms with Gasteiger partial charge in [0.1, 0.15) is 5.82 Å². The monoisotopic (exact) mass is 381 g/mol. The lowest BCUT2D eigenvalue weighted by Gasteiger charge is -2.11. The Bertz CT molecular complexity index is 874. The fourth-order valence-corrected chi connectivity index (χ4v) is 3.24. The van der Waals surface area contributed by atoms with Crippen LogP contribution in [-0.4, -0.2) is 45.3 Å². The maximum atomic E-state index is 4.67. The van der Waals surface area contributed by atoms with Gasteiger partial charge in [0.2, 0.25) is 0 Å². The summed E-state index contributed by atoms with van der Waals surface area (Å²) < 4.78 is 2.05. The summed E-state index contributed by atoms with van der Waals surface area (Å²) in [6, 6.07) is 10.3. The second-order valence-electron chi connectivity index (χ2n) is 7.00. The van der Waals surface area contributed by atoms with Crippen LogP contribution in [0.15, 0.2) is 35.3 Å². The van der Waals surface area contributed by atoms with Gasteiger partial charge in [0.05, 0.1) is 16.7 Å². The van der Waals surface area contributed by atoms with Crippen LogP contribution in [0.5, 0.6) is 0 Å². The maximum Gasteiger partial charge on any atom is 0.191 e. The zero-order chi connectivity index (χ0) is 19.8. The third-order valence-corrected chi connectivity index (χ3v) is 4.57. The van der Waals surface area contributed by atoms with E-state index in [1.54, 1.807) is 0 Å². The molecule has 7 nitrogen and oxygen atoms in total. The van der Waals surface area contributed by atoms with Crippen molar-refractivity contribution in [2.24, 2.45) is 4.99 Å². The SMILES string of the molecule is CCNC(=NCCCn1nc(C)cc1C)NCCCc1nc2ccccc2[nH]1. The number of hydrogen-bond acceptors (Lipinski definition) is 3. The fourth-order valence-electron chi connectivity index (χ4n) is 3.24. The van der Waals surface area contributed by atoms with Gasteiger partial charge in [-0.15, -0.1) is 0 Å². The summed E-state index contributed by atoms with van der Waals surface area (Å²) in [6.45, 7) is 9.59. The molecule has 0 radical (unpaired) electrons. The van der Waals surface area contributed by atoms with Crippen LogP contribution in [-0.2, 0) is 13.0 Å². The Hall–Kier alpha value is -2.83. The molecule has 0 amide bonds. The van der Waals surface area contributed by atoms with Crippen molar-refractivity contribution in [1.82, 2.24) is 30.4 Å². The number of guanidine groups is 1. The molecule has 0 aliphatic rings. The fraction of sp³-hybridized carbons (Fsp3) is 0.476. The van der Waals surface area contributed by atoms with Crippen LogP contribution in [0.3, 0.4) is 0 Å². The zero-order valence-corrected chi connectivity index (χ0v) is 17.1. The third kappa shape index (κ3) is 5.58. The maximum absolute atomic E-state index is 4.67. The highest BCUT2D eigenvalue weighted by Crippen LogP contribution is 2.11. The molecule has 150 valence electrons. The molecule has 1 aromatic carbocycles. The molecule has 0 unspecified atom stereocenters. The number of H-pyrrole nitrogens is 1. The van der Waals surface area contributed by atoms with Gasteiger partial charge in [-0.25, -0.2) is 4.98 Å². The van der Waals surface area contributed by atoms with Gasteiger partial charge >= 0.3 is 0 Å². The first-order valence-electron chi connectivity index (χ1n) is 10.1. The molecule has 0 saturated heterocycles. The average Bonchev–Trinajstić information content (AvgIpc) is 3.23. The minimum absolute atomic E-state index is 0.775. The molecule has 0 saturated carbocycles. The standard InChI is InChI=1S/C21H31N7/c1-4-22-21(24-13-8-14-28-17(3)15-16(2)27-28)23-12-7-11-20-25-18-9-5-6-10-19(18)26-20/h5-6,9-10,15H,4,7-8,11-14H2,1-3H3,(H,25,26)(H2,22,23,24). The van der Waals surface area contributed by atoms with Crippen LogP contribution >= 0.6 is 0 Å². The van der Waals surface area contributed by atoms with Gasteiger partial charge in [0.15, 0.2) is 5.96 Å². The van der Waals surface area contributed by atoms with Gasteiger partial charge in [-0.2, -0.15) is 5.10 Å². The Morgan fingerprint density at radius 3 is 2.79 bits per heavy atom. The van der Waals surface area contributed by atoms with E-state index < -0.39 is 0 Å². The minimum Gasteiger partial charge on any atom is -0.357 e. The zero-order valence-electron chi connectivity index (χ0n) is 17.1. The van der Waals surface area contributed by atoms with E-state index in [1.165, 1.54) is 5.69 Å². The van der Waals surface area contributed by atoms with Gasteiger partial charge in [-0.05, 0) is 51.8 Å². The molecule has 3 rings (SSSR count). The smallest absolute Gasteiger partial charge is 0.191 e. The number of aromatic nitrogens is 4. The van der Waals surface area contributed by atoms with Crippen LogP contribution in [0.2, 0.25) is 0 Å². The molecular formula is C21H31N7. The van der Waals surface area contributed by atoms with E-state index in [0.717, 1.165) is 74.0 Å². The second kappa shape index (κ2) is 9.92. The molecular weight excluding hydrogens is 350 g/mol. The summed E-state index contributed by atoms with van der Waals surface area (Å²) in [5.74, 6) is 1.91. The number of aryl methyl sites for hydroxylation is 4. The molecule has 0 atom stereocenters. The van der Waals surface area contributed by atoms with Gasteiger partial charge < -0.3 is 15.6 Å². The van der Waals surface area contributed by atoms with Crippen molar-refractivity contribution < 1.29 is 0 Å². The van der Waals surface area contributed by atoms with Crippen molar-refractivity contribution >= 4 is 17.0 Å². The Morgan fingerprint density at radius 1 is 1.18 bits per heavy atom. The molecule has 2 aromatic heterocycles. The van der Waals surface area contributed by atoms with E-state index in [1.807, 2.05) is 25.1 Å². The van der Waals surface area contributed by atoms with Crippen molar-refractivity contribution in [2.45, 2.75) is 46.6 Å². The van der Waals surface area contributed by atoms with Crippen molar-refractivity contribution in [1.29, 1.82) is 0 Å². The topological polar surface area (TPSA) is 82.9 Å². The van der Waals surface area contributed by atoms with E-state index in [2.05, 4.69) is 61.4 Å². The lowest BCUT2D eigenvalue weighted by molar-refractivity contribution is 0.567. The summed E-state index contributed by atoms with van der Waals surface area (Å²) in [6.07, 6.45) is 2.88. The van der Waals surface area contributed by atoms with Crippen LogP contribution in [0.1, 0.15) is 37.0 Å². The Kier molecular flexibility index (Phi) is 7.06. The quantitative estimate of drug-likeness (QED) is 0.302. The van der Waals surface area contributed by atoms with Crippen LogP contribution in [0.25, 0.3) is 11.0 Å². The molecule has 0 bridgehead atoms. The van der Waals surface area contributed by atoms with E-state index >= 15 is 0 Å². The first-order valence-corrected chi connectivity index (χ1v) is 10.1. The van der Waals surface area contributed by atoms with Gasteiger partial charge in [0.25, 0.3) is 0 Å². The highest BCUT2D eigenvalue weighted by molar-refractivity contribution is 5.79. The first kappa shape index (κ1) is 19.9. The lowest BCUT2D eigenvalue weighted by Crippen LogP contribution is -2.38. The van der Waals surface area contributed by atoms with Crippen LogP contribution < -0.4 is 10.6 Å². The molecule has 0 fully saturated rings. The number of aromatic amines is 1. The van der Waals surface area contributed by atoms with Crippen molar-refractivity contribution in [3.8, 4) is 0 Å². The first-order chi connectivity index (χ1) is 13.7. The minimum atomic E-state index is 0.775. The number of aliphatic imine (C=N–C) groups is 1. The predicted molar refractivity (Wildman–Crippen MR) is 115 cm³/mol. The summed E-state index contributed by atoms with van der Waals surface area (Å²) in [7, 11) is 0. The Labute approximate surface area is 166 Å². The van der Waals surface area contributed by atoms with Crippen molar-refractivity contribution in [2.75, 3.05) is 19.6 Å². The van der Waals surface area contributed by atoms with Gasteiger partial charge in [-0.1, -0.05) is 12.1 Å². The molecule has 2 heterocycles. The summed E-state index contributed by atoms with van der Waals surface area (Å²) in [5, 5.41) is 11.2. The van der Waals surface area contributed by atoms with Crippen LogP contribution in [0, 0.1) is 13.8 Å². The highest BCUT2D eigenvalue weighted by Gasteiger charge is 2.03. The van der Waals surface area contributed by atoms with Gasteiger partial charge in [0, 0.05) is 38.3 Å². The van der Waals surface area contributed by atoms with Crippen molar-refractivity contribution in [3.63, 3.8) is 0 Å². The van der Waals surface area contributed by atoms with E-state index in [4.69, 9.17) is 0 Å². The number of benzene rings is 1. The molecule has 0 spiro atoms. The molecule has 28 heavy (non-hydrogen) atoms. The molecule has 3 aromatic rings. The molecule has 7 heteroatoms. The summed E-state index contributed by atoms with van der Waals surface area (Å²) in [5.41, 5.74) is 4.41. The van der Waals surface area contributed by atoms with E-state index in [9.17, 15) is 0 Å². The van der Waals surface area contributed by atoms with Crippen LogP contribution in [0.4, 0.5) is 0 Å². The molecule has 0 aliphatic heterocycles. The van der Waals surface area contributed by atoms with Crippen molar-refractivity contribution in [3.05, 3.63) is 47.5 Å². The Balaban J connectivity index is 1.40. The number of para-hydroxylation sites is 2. The van der Waals surface area contributed by atoms with Gasteiger partial charge in [-0.3, -0.25) is 9.67 Å². The van der Waals surface area contributed by atoms with E-state index in [0.29, 0.717) is 0 Å². The average molecular weight is 382 g/mol. The largest absolute Gasteiger partial charge is 0.357 e. The highest BCUT2D eigenvalue weighted by atomic mass is 15.3. The normalized spacial score (nSPS) is 11.9. The lowest BCUT2D eigenvalue weighted by atomic mass is 10.3. The second-order valence-corrected chi connectivity index (χ2v) is 7.00. The Morgan fingerprint density at radius 2 is 2.04 bits per heavy atom. The van der Waals surface area contributed by atoms with E-state index in [-0.39, 0.29) is 0 Å². The number of fused-ring (bicyclic) bond motifs is 1. The number of rotatable bonds is 9. The number of hydrogen-bond donors (Lipinski definition) is 3. The summed E-state index contributed by atoms with van der Waals surface area (Å²) in [4.78, 5) is 12.7.